The molecular formula is C36H27FN2O5S. The van der Waals surface area contributed by atoms with E-state index >= 15 is 0 Å². The standard InChI is InChI=1S/C36H27FN2O5S/c37-25-11-7-10-24(20-25)32(33-35(40)29-13-4-6-15-31(29)44-36(33)41)34-28(27-12-3-5-14-30(27)39-34)18-19-38-45(42,43)26-17-16-22-8-1-2-9-23(22)21-26/h1-17,20-21,32,38-40H,18-19H2. The van der Waals surface area contributed by atoms with E-state index in [1.54, 1.807) is 48.5 Å². The van der Waals surface area contributed by atoms with E-state index < -0.39 is 27.4 Å². The maximum Gasteiger partial charge on any atom is 0.344 e. The summed E-state index contributed by atoms with van der Waals surface area (Å²) in [6.07, 6.45) is 0.234. The average molecular weight is 619 g/mol. The Kier molecular flexibility index (Phi) is 7.19. The molecule has 7 rings (SSSR count). The molecule has 5 aromatic carbocycles. The minimum atomic E-state index is -3.85. The lowest BCUT2D eigenvalue weighted by Gasteiger charge is -2.20. The summed E-state index contributed by atoms with van der Waals surface area (Å²) in [4.78, 5) is 17.1. The summed E-state index contributed by atoms with van der Waals surface area (Å²) in [6.45, 7) is 0.0399. The number of rotatable bonds is 8. The molecule has 0 saturated carbocycles. The first-order valence-electron chi connectivity index (χ1n) is 14.4. The van der Waals surface area contributed by atoms with Gasteiger partial charge in [0, 0.05) is 23.1 Å². The Morgan fingerprint density at radius 3 is 2.38 bits per heavy atom. The van der Waals surface area contributed by atoms with Crippen LogP contribution in [0.4, 0.5) is 4.39 Å². The van der Waals surface area contributed by atoms with Crippen molar-refractivity contribution < 1.29 is 22.3 Å². The molecule has 7 aromatic rings. The number of nitrogens with one attached hydrogen (secondary N) is 2. The fraction of sp³-hybridized carbons (Fsp3) is 0.0833. The second-order valence-electron chi connectivity index (χ2n) is 10.9. The van der Waals surface area contributed by atoms with Gasteiger partial charge in [0.05, 0.1) is 21.8 Å². The fourth-order valence-electron chi connectivity index (χ4n) is 6.03. The van der Waals surface area contributed by atoms with Crippen LogP contribution in [0.5, 0.6) is 5.75 Å². The van der Waals surface area contributed by atoms with Crippen LogP contribution in [-0.2, 0) is 16.4 Å². The number of aromatic nitrogens is 1. The van der Waals surface area contributed by atoms with Gasteiger partial charge in [0.1, 0.15) is 17.1 Å². The molecule has 0 aliphatic heterocycles. The number of benzene rings is 5. The molecule has 7 nitrogen and oxygen atoms in total. The zero-order valence-corrected chi connectivity index (χ0v) is 24.6. The molecule has 0 spiro atoms. The molecule has 1 unspecified atom stereocenters. The molecule has 0 radical (unpaired) electrons. The van der Waals surface area contributed by atoms with Crippen LogP contribution in [0.25, 0.3) is 32.6 Å². The highest BCUT2D eigenvalue weighted by atomic mass is 32.2. The summed E-state index contributed by atoms with van der Waals surface area (Å²) in [5.41, 5.74) is 1.80. The number of hydrogen-bond donors (Lipinski definition) is 3. The topological polar surface area (TPSA) is 112 Å². The second kappa shape index (κ2) is 11.4. The summed E-state index contributed by atoms with van der Waals surface area (Å²) >= 11 is 0. The van der Waals surface area contributed by atoms with Crippen molar-refractivity contribution in [2.24, 2.45) is 0 Å². The first kappa shape index (κ1) is 28.5. The third-order valence-electron chi connectivity index (χ3n) is 8.12. The molecule has 3 N–H and O–H groups in total. The van der Waals surface area contributed by atoms with Gasteiger partial charge in [-0.3, -0.25) is 0 Å². The number of hydrogen-bond acceptors (Lipinski definition) is 5. The summed E-state index contributed by atoms with van der Waals surface area (Å²) in [5.74, 6) is -1.73. The van der Waals surface area contributed by atoms with Gasteiger partial charge in [-0.2, -0.15) is 0 Å². The highest BCUT2D eigenvalue weighted by molar-refractivity contribution is 7.89. The van der Waals surface area contributed by atoms with Crippen LogP contribution in [0.15, 0.2) is 129 Å². The van der Waals surface area contributed by atoms with E-state index in [1.807, 2.05) is 48.5 Å². The maximum atomic E-state index is 14.7. The quantitative estimate of drug-likeness (QED) is 0.159. The lowest BCUT2D eigenvalue weighted by molar-refractivity contribution is 0.454. The minimum Gasteiger partial charge on any atom is -0.507 e. The van der Waals surface area contributed by atoms with Crippen LogP contribution < -0.4 is 10.3 Å². The summed E-state index contributed by atoms with van der Waals surface area (Å²) < 4.78 is 49.7. The number of fused-ring (bicyclic) bond motifs is 3. The molecule has 0 aliphatic rings. The van der Waals surface area contributed by atoms with E-state index in [2.05, 4.69) is 9.71 Å². The highest BCUT2D eigenvalue weighted by Crippen LogP contribution is 2.41. The molecule has 2 heterocycles. The fourth-order valence-corrected chi connectivity index (χ4v) is 7.10. The number of halogens is 1. The van der Waals surface area contributed by atoms with E-state index in [9.17, 15) is 22.7 Å². The largest absolute Gasteiger partial charge is 0.507 e. The van der Waals surface area contributed by atoms with Crippen LogP contribution in [0, 0.1) is 5.82 Å². The predicted molar refractivity (Wildman–Crippen MR) is 173 cm³/mol. The SMILES string of the molecule is O=c1oc2ccccc2c(O)c1C(c1cccc(F)c1)c1[nH]c2ccccc2c1CCNS(=O)(=O)c1ccc2ccccc2c1. The normalized spacial score (nSPS) is 12.6. The molecule has 1 atom stereocenters. The van der Waals surface area contributed by atoms with Crippen molar-refractivity contribution in [3.63, 3.8) is 0 Å². The number of aromatic hydroxyl groups is 1. The monoisotopic (exact) mass is 618 g/mol. The first-order valence-corrected chi connectivity index (χ1v) is 15.9. The Labute approximate surface area is 257 Å². The first-order chi connectivity index (χ1) is 21.8. The van der Waals surface area contributed by atoms with E-state index in [0.29, 0.717) is 22.2 Å². The van der Waals surface area contributed by atoms with E-state index in [4.69, 9.17) is 4.42 Å². The zero-order valence-electron chi connectivity index (χ0n) is 23.8. The molecule has 0 fully saturated rings. The lowest BCUT2D eigenvalue weighted by Crippen LogP contribution is -2.26. The third kappa shape index (κ3) is 5.26. The van der Waals surface area contributed by atoms with E-state index in [0.717, 1.165) is 21.7 Å². The average Bonchev–Trinajstić information content (AvgIpc) is 3.40. The summed E-state index contributed by atoms with van der Waals surface area (Å²) in [7, 11) is -3.85. The van der Waals surface area contributed by atoms with Crippen LogP contribution in [0.1, 0.15) is 28.3 Å². The Hall–Kier alpha value is -5.25. The molecule has 0 amide bonds. The lowest BCUT2D eigenvalue weighted by atomic mass is 9.85. The van der Waals surface area contributed by atoms with Gasteiger partial charge in [-0.05, 0) is 70.8 Å². The van der Waals surface area contributed by atoms with Crippen molar-refractivity contribution in [2.75, 3.05) is 6.54 Å². The Morgan fingerprint density at radius 1 is 0.822 bits per heavy atom. The van der Waals surface area contributed by atoms with Crippen molar-refractivity contribution in [2.45, 2.75) is 17.2 Å². The minimum absolute atomic E-state index is 0.0399. The van der Waals surface area contributed by atoms with Gasteiger partial charge < -0.3 is 14.5 Å². The van der Waals surface area contributed by atoms with E-state index in [-0.39, 0.29) is 34.8 Å². The molecule has 224 valence electrons. The van der Waals surface area contributed by atoms with Crippen LogP contribution in [0.2, 0.25) is 0 Å². The van der Waals surface area contributed by atoms with Crippen molar-refractivity contribution in [1.29, 1.82) is 0 Å². The van der Waals surface area contributed by atoms with E-state index in [1.165, 1.54) is 18.2 Å². The Bertz CT molecular complexity index is 2400. The number of sulfonamides is 1. The van der Waals surface area contributed by atoms with Gasteiger partial charge >= 0.3 is 5.63 Å². The summed E-state index contributed by atoms with van der Waals surface area (Å²) in [5, 5.41) is 14.4. The van der Waals surface area contributed by atoms with Gasteiger partial charge in [0.25, 0.3) is 0 Å². The second-order valence-corrected chi connectivity index (χ2v) is 12.6. The number of para-hydroxylation sites is 2. The van der Waals surface area contributed by atoms with Crippen LogP contribution in [-0.4, -0.2) is 25.1 Å². The van der Waals surface area contributed by atoms with Crippen molar-refractivity contribution in [1.82, 2.24) is 9.71 Å². The summed E-state index contributed by atoms with van der Waals surface area (Å²) in [6, 6.07) is 32.5. The smallest absolute Gasteiger partial charge is 0.344 e. The number of aromatic amines is 1. The molecule has 0 aliphatic carbocycles. The molecule has 45 heavy (non-hydrogen) atoms. The van der Waals surface area contributed by atoms with Crippen molar-refractivity contribution in [3.05, 3.63) is 154 Å². The molecule has 0 bridgehead atoms. The highest BCUT2D eigenvalue weighted by Gasteiger charge is 2.30. The maximum absolute atomic E-state index is 14.7. The van der Waals surface area contributed by atoms with Gasteiger partial charge in [0.2, 0.25) is 10.0 Å². The van der Waals surface area contributed by atoms with Gasteiger partial charge in [-0.25, -0.2) is 22.3 Å². The molecular weight excluding hydrogens is 591 g/mol. The van der Waals surface area contributed by atoms with Crippen molar-refractivity contribution >= 4 is 42.7 Å². The number of H-pyrrole nitrogens is 1. The Balaban J connectivity index is 1.33. The van der Waals surface area contributed by atoms with Crippen LogP contribution >= 0.6 is 0 Å². The van der Waals surface area contributed by atoms with Crippen LogP contribution in [0.3, 0.4) is 0 Å². The van der Waals surface area contributed by atoms with Gasteiger partial charge in [0.15, 0.2) is 0 Å². The zero-order chi connectivity index (χ0) is 31.1. The van der Waals surface area contributed by atoms with Crippen molar-refractivity contribution in [3.8, 4) is 5.75 Å². The third-order valence-corrected chi connectivity index (χ3v) is 9.58. The van der Waals surface area contributed by atoms with Gasteiger partial charge in [-0.15, -0.1) is 0 Å². The molecule has 9 heteroatoms. The Morgan fingerprint density at radius 2 is 1.56 bits per heavy atom. The molecule has 0 saturated heterocycles. The predicted octanol–water partition coefficient (Wildman–Crippen LogP) is 6.97. The molecule has 2 aromatic heterocycles. The van der Waals surface area contributed by atoms with Gasteiger partial charge in [-0.1, -0.05) is 72.8 Å².